The number of halogens is 1. The fraction of sp³-hybridized carbons (Fsp3) is 0.462. The molecule has 18 heavy (non-hydrogen) atoms. The molecule has 1 aromatic carbocycles. The van der Waals surface area contributed by atoms with E-state index in [2.05, 4.69) is 21.2 Å². The van der Waals surface area contributed by atoms with Crippen LogP contribution in [0.5, 0.6) is 0 Å². The average molecular weight is 314 g/mol. The van der Waals surface area contributed by atoms with Crippen LogP contribution in [0.25, 0.3) is 0 Å². The van der Waals surface area contributed by atoms with Crippen LogP contribution in [0.15, 0.2) is 16.6 Å². The summed E-state index contributed by atoms with van der Waals surface area (Å²) in [6, 6.07) is 3.86. The van der Waals surface area contributed by atoms with Crippen LogP contribution in [0, 0.1) is 13.8 Å². The second-order valence-electron chi connectivity index (χ2n) is 4.35. The second-order valence-corrected chi connectivity index (χ2v) is 5.14. The summed E-state index contributed by atoms with van der Waals surface area (Å²) in [6.07, 6.45) is -0.511. The van der Waals surface area contributed by atoms with E-state index in [9.17, 15) is 4.79 Å². The van der Waals surface area contributed by atoms with Crippen molar-refractivity contribution < 1.29 is 14.3 Å². The molecule has 1 heterocycles. The first-order chi connectivity index (χ1) is 8.58. The molecule has 0 bridgehead atoms. The number of benzene rings is 1. The van der Waals surface area contributed by atoms with E-state index in [-0.39, 0.29) is 5.91 Å². The molecular formula is C13H16BrNO3. The molecule has 0 radical (unpaired) electrons. The highest BCUT2D eigenvalue weighted by Crippen LogP contribution is 2.25. The molecule has 4 nitrogen and oxygen atoms in total. The third-order valence-corrected chi connectivity index (χ3v) is 4.06. The van der Waals surface area contributed by atoms with Gasteiger partial charge in [0.25, 0.3) is 5.91 Å². The first-order valence-electron chi connectivity index (χ1n) is 5.85. The number of nitrogens with one attached hydrogen (secondary N) is 1. The van der Waals surface area contributed by atoms with Crippen molar-refractivity contribution in [2.45, 2.75) is 20.0 Å². The van der Waals surface area contributed by atoms with Crippen LogP contribution in [-0.2, 0) is 14.3 Å². The van der Waals surface area contributed by atoms with Gasteiger partial charge < -0.3 is 14.8 Å². The van der Waals surface area contributed by atoms with Gasteiger partial charge >= 0.3 is 0 Å². The topological polar surface area (TPSA) is 47.6 Å². The third-order valence-electron chi connectivity index (χ3n) is 2.81. The number of rotatable bonds is 2. The smallest absolute Gasteiger partial charge is 0.255 e. The summed E-state index contributed by atoms with van der Waals surface area (Å²) in [5.41, 5.74) is 2.96. The average Bonchev–Trinajstić information content (AvgIpc) is 2.37. The molecule has 0 aliphatic carbocycles. The number of carbonyl (C=O) groups excluding carboxylic acids is 1. The molecule has 98 valence electrons. The molecule has 1 fully saturated rings. The van der Waals surface area contributed by atoms with Crippen LogP contribution >= 0.6 is 15.9 Å². The predicted octanol–water partition coefficient (Wildman–Crippen LogP) is 2.42. The number of hydrogen-bond acceptors (Lipinski definition) is 3. The summed E-state index contributed by atoms with van der Waals surface area (Å²) in [5.74, 6) is -0.157. The van der Waals surface area contributed by atoms with Crippen LogP contribution in [0.1, 0.15) is 11.1 Å². The van der Waals surface area contributed by atoms with Crippen LogP contribution in [0.4, 0.5) is 5.69 Å². The Labute approximate surface area is 115 Å². The summed E-state index contributed by atoms with van der Waals surface area (Å²) in [6.45, 7) is 5.33. The van der Waals surface area contributed by atoms with Crippen molar-refractivity contribution >= 4 is 27.5 Å². The Bertz CT molecular complexity index is 433. The molecule has 0 spiro atoms. The SMILES string of the molecule is Cc1cc(NC(=O)C2COCCO2)cc(C)c1Br. The van der Waals surface area contributed by atoms with Gasteiger partial charge in [-0.15, -0.1) is 0 Å². The lowest BCUT2D eigenvalue weighted by Crippen LogP contribution is -2.39. The van der Waals surface area contributed by atoms with Gasteiger partial charge in [0.15, 0.2) is 6.10 Å². The van der Waals surface area contributed by atoms with Crippen molar-refractivity contribution in [1.29, 1.82) is 0 Å². The van der Waals surface area contributed by atoms with E-state index in [1.807, 2.05) is 26.0 Å². The number of anilines is 1. The Kier molecular flexibility index (Phi) is 4.37. The van der Waals surface area contributed by atoms with E-state index in [0.717, 1.165) is 21.3 Å². The van der Waals surface area contributed by atoms with E-state index in [1.165, 1.54) is 0 Å². The van der Waals surface area contributed by atoms with Gasteiger partial charge in [-0.3, -0.25) is 4.79 Å². The van der Waals surface area contributed by atoms with Crippen molar-refractivity contribution in [2.24, 2.45) is 0 Å². The van der Waals surface area contributed by atoms with Crippen molar-refractivity contribution in [3.05, 3.63) is 27.7 Å². The van der Waals surface area contributed by atoms with Crippen LogP contribution < -0.4 is 5.32 Å². The van der Waals surface area contributed by atoms with E-state index in [0.29, 0.717) is 19.8 Å². The number of amides is 1. The molecule has 1 aliphatic heterocycles. The third kappa shape index (κ3) is 3.10. The molecule has 1 N–H and O–H groups in total. The Morgan fingerprint density at radius 3 is 2.56 bits per heavy atom. The normalized spacial score (nSPS) is 19.6. The molecule has 5 heteroatoms. The summed E-state index contributed by atoms with van der Waals surface area (Å²) >= 11 is 3.50. The largest absolute Gasteiger partial charge is 0.376 e. The lowest BCUT2D eigenvalue weighted by molar-refractivity contribution is -0.142. The minimum Gasteiger partial charge on any atom is -0.376 e. The number of aryl methyl sites for hydroxylation is 2. The first-order valence-corrected chi connectivity index (χ1v) is 6.64. The highest BCUT2D eigenvalue weighted by Gasteiger charge is 2.22. The highest BCUT2D eigenvalue weighted by atomic mass is 79.9. The molecule has 0 aromatic heterocycles. The second kappa shape index (κ2) is 5.82. The molecule has 1 saturated heterocycles. The molecule has 1 amide bonds. The van der Waals surface area contributed by atoms with Gasteiger partial charge in [-0.25, -0.2) is 0 Å². The van der Waals surface area contributed by atoms with E-state index in [4.69, 9.17) is 9.47 Å². The van der Waals surface area contributed by atoms with E-state index >= 15 is 0 Å². The van der Waals surface area contributed by atoms with Crippen molar-refractivity contribution in [2.75, 3.05) is 25.1 Å². The van der Waals surface area contributed by atoms with Gasteiger partial charge in [-0.05, 0) is 37.1 Å². The zero-order valence-electron chi connectivity index (χ0n) is 10.5. The maximum absolute atomic E-state index is 11.9. The Morgan fingerprint density at radius 1 is 1.33 bits per heavy atom. The minimum atomic E-state index is -0.511. The zero-order chi connectivity index (χ0) is 13.1. The van der Waals surface area contributed by atoms with E-state index < -0.39 is 6.10 Å². The van der Waals surface area contributed by atoms with Crippen molar-refractivity contribution in [1.82, 2.24) is 0 Å². The lowest BCUT2D eigenvalue weighted by atomic mass is 10.1. The van der Waals surface area contributed by atoms with Gasteiger partial charge in [-0.2, -0.15) is 0 Å². The lowest BCUT2D eigenvalue weighted by Gasteiger charge is -2.22. The summed E-state index contributed by atoms with van der Waals surface area (Å²) in [4.78, 5) is 11.9. The summed E-state index contributed by atoms with van der Waals surface area (Å²) in [5, 5.41) is 2.86. The zero-order valence-corrected chi connectivity index (χ0v) is 12.0. The molecule has 0 saturated carbocycles. The van der Waals surface area contributed by atoms with Gasteiger partial charge in [-0.1, -0.05) is 15.9 Å². The molecule has 1 aliphatic rings. The van der Waals surface area contributed by atoms with Gasteiger partial charge in [0, 0.05) is 10.2 Å². The van der Waals surface area contributed by atoms with Crippen LogP contribution in [-0.4, -0.2) is 31.8 Å². The monoisotopic (exact) mass is 313 g/mol. The Hall–Kier alpha value is -0.910. The van der Waals surface area contributed by atoms with Crippen molar-refractivity contribution in [3.63, 3.8) is 0 Å². The fourth-order valence-electron chi connectivity index (χ4n) is 1.88. The summed E-state index contributed by atoms with van der Waals surface area (Å²) < 4.78 is 11.6. The van der Waals surface area contributed by atoms with E-state index in [1.54, 1.807) is 0 Å². The minimum absolute atomic E-state index is 0.157. The van der Waals surface area contributed by atoms with Gasteiger partial charge in [0.1, 0.15) is 0 Å². The number of carbonyl (C=O) groups is 1. The van der Waals surface area contributed by atoms with Gasteiger partial charge in [0.05, 0.1) is 19.8 Å². The van der Waals surface area contributed by atoms with Crippen molar-refractivity contribution in [3.8, 4) is 0 Å². The Balaban J connectivity index is 2.06. The maximum atomic E-state index is 11.9. The highest BCUT2D eigenvalue weighted by molar-refractivity contribution is 9.10. The summed E-state index contributed by atoms with van der Waals surface area (Å²) in [7, 11) is 0. The maximum Gasteiger partial charge on any atom is 0.255 e. The van der Waals surface area contributed by atoms with Crippen LogP contribution in [0.3, 0.4) is 0 Å². The standard InChI is InChI=1S/C13H16BrNO3/c1-8-5-10(6-9(2)12(8)14)15-13(16)11-7-17-3-4-18-11/h5-6,11H,3-4,7H2,1-2H3,(H,15,16). The molecule has 1 atom stereocenters. The van der Waals surface area contributed by atoms with Crippen LogP contribution in [0.2, 0.25) is 0 Å². The van der Waals surface area contributed by atoms with Gasteiger partial charge in [0.2, 0.25) is 0 Å². The molecule has 1 unspecified atom stereocenters. The molecule has 1 aromatic rings. The predicted molar refractivity (Wildman–Crippen MR) is 72.8 cm³/mol. The number of hydrogen-bond donors (Lipinski definition) is 1. The fourth-order valence-corrected chi connectivity index (χ4v) is 2.11. The number of ether oxygens (including phenoxy) is 2. The molecule has 2 rings (SSSR count). The molecular weight excluding hydrogens is 298 g/mol. The quantitative estimate of drug-likeness (QED) is 0.912. The first kappa shape index (κ1) is 13.5. The Morgan fingerprint density at radius 2 is 2.00 bits per heavy atom.